The van der Waals surface area contributed by atoms with E-state index in [4.69, 9.17) is 4.98 Å². The van der Waals surface area contributed by atoms with Gasteiger partial charge in [0, 0.05) is 24.4 Å². The van der Waals surface area contributed by atoms with Crippen molar-refractivity contribution in [3.05, 3.63) is 102 Å². The molecule has 32 heavy (non-hydrogen) atoms. The number of anilines is 1. The van der Waals surface area contributed by atoms with Crippen LogP contribution in [0.5, 0.6) is 0 Å². The highest BCUT2D eigenvalue weighted by atomic mass is 19.3. The fourth-order valence-corrected chi connectivity index (χ4v) is 3.71. The molecule has 0 saturated carbocycles. The lowest BCUT2D eigenvalue weighted by atomic mass is 9.98. The second kappa shape index (κ2) is 8.54. The maximum absolute atomic E-state index is 13.4. The first-order valence-electron chi connectivity index (χ1n) is 10.6. The first-order chi connectivity index (χ1) is 15.2. The Hall–Kier alpha value is -3.53. The van der Waals surface area contributed by atoms with Gasteiger partial charge in [0.2, 0.25) is 0 Å². The number of fused-ring (bicyclic) bond motifs is 1. The van der Waals surface area contributed by atoms with Gasteiger partial charge in [-0.05, 0) is 48.2 Å². The van der Waals surface area contributed by atoms with Crippen molar-refractivity contribution in [2.24, 2.45) is 0 Å². The van der Waals surface area contributed by atoms with E-state index in [1.54, 1.807) is 12.1 Å². The second-order valence-corrected chi connectivity index (χ2v) is 8.37. The second-order valence-electron chi connectivity index (χ2n) is 8.37. The van der Waals surface area contributed by atoms with Gasteiger partial charge in [0.1, 0.15) is 5.82 Å². The third kappa shape index (κ3) is 4.70. The van der Waals surface area contributed by atoms with E-state index in [0.29, 0.717) is 6.54 Å². The Morgan fingerprint density at radius 2 is 1.59 bits per heavy atom. The molecule has 1 N–H and O–H groups in total. The van der Waals surface area contributed by atoms with Gasteiger partial charge in [0.25, 0.3) is 5.92 Å². The van der Waals surface area contributed by atoms with E-state index in [0.717, 1.165) is 51.5 Å². The molecular formula is C28H26F2N2. The number of hydrogen-bond acceptors (Lipinski definition) is 2. The van der Waals surface area contributed by atoms with Crippen LogP contribution < -0.4 is 5.32 Å². The van der Waals surface area contributed by atoms with Gasteiger partial charge in [0.05, 0.1) is 5.52 Å². The van der Waals surface area contributed by atoms with Crippen LogP contribution in [0.15, 0.2) is 79.4 Å². The molecule has 0 fully saturated rings. The van der Waals surface area contributed by atoms with E-state index in [1.807, 2.05) is 13.0 Å². The summed E-state index contributed by atoms with van der Waals surface area (Å²) in [5, 5.41) is 4.38. The molecule has 0 amide bonds. The zero-order chi connectivity index (χ0) is 22.9. The number of pyridine rings is 1. The summed E-state index contributed by atoms with van der Waals surface area (Å²) in [6, 6.07) is 23.1. The van der Waals surface area contributed by atoms with E-state index in [9.17, 15) is 8.78 Å². The topological polar surface area (TPSA) is 24.9 Å². The first-order valence-corrected chi connectivity index (χ1v) is 10.6. The van der Waals surface area contributed by atoms with Crippen molar-refractivity contribution in [3.63, 3.8) is 0 Å². The quantitative estimate of drug-likeness (QED) is 0.337. The number of hydrogen-bond donors (Lipinski definition) is 1. The number of aromatic nitrogens is 1. The summed E-state index contributed by atoms with van der Waals surface area (Å²) in [5.74, 6) is -2.11. The van der Waals surface area contributed by atoms with Crippen LogP contribution in [-0.4, -0.2) is 4.98 Å². The highest BCUT2D eigenvalue weighted by molar-refractivity contribution is 5.94. The summed E-state index contributed by atoms with van der Waals surface area (Å²) in [5.41, 5.74) is 7.26. The van der Waals surface area contributed by atoms with Crippen molar-refractivity contribution >= 4 is 22.3 Å². The predicted octanol–water partition coefficient (Wildman–Crippen LogP) is 7.97. The molecule has 0 aliphatic carbocycles. The molecule has 2 nitrogen and oxygen atoms in total. The lowest BCUT2D eigenvalue weighted by Gasteiger charge is -2.14. The van der Waals surface area contributed by atoms with Gasteiger partial charge < -0.3 is 5.32 Å². The van der Waals surface area contributed by atoms with Gasteiger partial charge in [-0.25, -0.2) is 13.8 Å². The number of nitrogens with zero attached hydrogens (tertiary/aromatic N) is 1. The molecule has 0 unspecified atom stereocenters. The van der Waals surface area contributed by atoms with E-state index >= 15 is 0 Å². The summed E-state index contributed by atoms with van der Waals surface area (Å²) >= 11 is 0. The Labute approximate surface area is 187 Å². The third-order valence-electron chi connectivity index (χ3n) is 5.59. The molecule has 0 radical (unpaired) electrons. The zero-order valence-electron chi connectivity index (χ0n) is 18.5. The maximum atomic E-state index is 13.4. The van der Waals surface area contributed by atoms with Gasteiger partial charge in [-0.1, -0.05) is 78.4 Å². The normalized spacial score (nSPS) is 11.5. The van der Waals surface area contributed by atoms with Gasteiger partial charge in [0.15, 0.2) is 0 Å². The highest BCUT2D eigenvalue weighted by Gasteiger charge is 2.23. The van der Waals surface area contributed by atoms with Crippen LogP contribution in [0.1, 0.15) is 36.1 Å². The molecule has 0 atom stereocenters. The van der Waals surface area contributed by atoms with Gasteiger partial charge in [-0.15, -0.1) is 0 Å². The predicted molar refractivity (Wildman–Crippen MR) is 130 cm³/mol. The van der Waals surface area contributed by atoms with Crippen LogP contribution >= 0.6 is 0 Å². The first kappa shape index (κ1) is 21.7. The monoisotopic (exact) mass is 428 g/mol. The molecule has 1 heterocycles. The summed E-state index contributed by atoms with van der Waals surface area (Å²) in [4.78, 5) is 4.82. The van der Waals surface area contributed by atoms with Crippen LogP contribution in [0.2, 0.25) is 0 Å². The van der Waals surface area contributed by atoms with Gasteiger partial charge >= 0.3 is 0 Å². The number of aryl methyl sites for hydroxylation is 1. The van der Waals surface area contributed by atoms with Crippen molar-refractivity contribution in [1.82, 2.24) is 4.98 Å². The molecule has 4 aromatic rings. The average molecular weight is 429 g/mol. The molecule has 1 aromatic heterocycles. The maximum Gasteiger partial charge on any atom is 0.270 e. The summed E-state index contributed by atoms with van der Waals surface area (Å²) in [6.45, 7) is 9.58. The number of nitrogens with one attached hydrogen (secondary N) is 1. The molecule has 4 rings (SSSR count). The molecule has 162 valence electrons. The van der Waals surface area contributed by atoms with Crippen molar-refractivity contribution < 1.29 is 8.78 Å². The highest BCUT2D eigenvalue weighted by Crippen LogP contribution is 2.31. The molecule has 0 spiro atoms. The van der Waals surface area contributed by atoms with Crippen molar-refractivity contribution in [3.8, 4) is 11.1 Å². The van der Waals surface area contributed by atoms with Crippen LogP contribution in [0, 0.1) is 6.92 Å². The molecule has 4 heteroatoms. The summed E-state index contributed by atoms with van der Waals surface area (Å²) < 4.78 is 26.9. The van der Waals surface area contributed by atoms with Gasteiger partial charge in [-0.2, -0.15) is 0 Å². The number of allylic oxidation sites excluding steroid dienone is 1. The number of alkyl halides is 2. The van der Waals surface area contributed by atoms with E-state index in [-0.39, 0.29) is 5.56 Å². The summed E-state index contributed by atoms with van der Waals surface area (Å²) in [6.07, 6.45) is 0. The van der Waals surface area contributed by atoms with Crippen LogP contribution in [0.4, 0.5) is 14.6 Å². The Balaban J connectivity index is 1.65. The minimum Gasteiger partial charge on any atom is -0.366 e. The van der Waals surface area contributed by atoms with E-state index < -0.39 is 5.92 Å². The zero-order valence-corrected chi connectivity index (χ0v) is 18.5. The Kier molecular flexibility index (Phi) is 5.79. The molecule has 0 bridgehead atoms. The standard InChI is InChI=1S/C28H26F2N2/c1-18(2)25-16-27(31-17-20-7-12-23(13-8-20)28(4,29)30)32-26-15-22(11-14-24(25)26)21-9-5-19(3)6-10-21/h5-16H,1,17H2,2-4H3,(H,31,32). The number of halogens is 2. The number of rotatable bonds is 6. The van der Waals surface area contributed by atoms with Crippen molar-refractivity contribution in [2.75, 3.05) is 5.32 Å². The molecule has 0 aliphatic rings. The lowest BCUT2D eigenvalue weighted by Crippen LogP contribution is -2.07. The minimum atomic E-state index is -2.84. The largest absolute Gasteiger partial charge is 0.366 e. The molecule has 3 aromatic carbocycles. The Morgan fingerprint density at radius 1 is 0.938 bits per heavy atom. The minimum absolute atomic E-state index is 0.0123. The van der Waals surface area contributed by atoms with Crippen LogP contribution in [0.3, 0.4) is 0 Å². The Bertz CT molecular complexity index is 1270. The van der Waals surface area contributed by atoms with E-state index in [2.05, 4.69) is 61.3 Å². The van der Waals surface area contributed by atoms with Crippen LogP contribution in [0.25, 0.3) is 27.6 Å². The number of benzene rings is 3. The average Bonchev–Trinajstić information content (AvgIpc) is 2.77. The van der Waals surface area contributed by atoms with Crippen molar-refractivity contribution in [2.45, 2.75) is 33.2 Å². The molecule has 0 aliphatic heterocycles. The molecule has 0 saturated heterocycles. The Morgan fingerprint density at radius 3 is 2.22 bits per heavy atom. The lowest BCUT2D eigenvalue weighted by molar-refractivity contribution is 0.0174. The smallest absolute Gasteiger partial charge is 0.270 e. The van der Waals surface area contributed by atoms with Crippen LogP contribution in [-0.2, 0) is 12.5 Å². The van der Waals surface area contributed by atoms with Gasteiger partial charge in [-0.3, -0.25) is 0 Å². The van der Waals surface area contributed by atoms with Crippen molar-refractivity contribution in [1.29, 1.82) is 0 Å². The fraction of sp³-hybridized carbons (Fsp3) is 0.179. The molecular weight excluding hydrogens is 402 g/mol. The SMILES string of the molecule is C=C(C)c1cc(NCc2ccc(C(C)(F)F)cc2)nc2cc(-c3ccc(C)cc3)ccc12. The van der Waals surface area contributed by atoms with E-state index in [1.165, 1.54) is 17.7 Å². The third-order valence-corrected chi connectivity index (χ3v) is 5.59. The fourth-order valence-electron chi connectivity index (χ4n) is 3.71. The summed E-state index contributed by atoms with van der Waals surface area (Å²) in [7, 11) is 0.